The third kappa shape index (κ3) is 3.35. The first-order chi connectivity index (χ1) is 24.3. The van der Waals surface area contributed by atoms with Crippen molar-refractivity contribution in [2.75, 3.05) is 5.32 Å². The van der Waals surface area contributed by atoms with Crippen molar-refractivity contribution in [1.82, 2.24) is 8.97 Å². The molecule has 5 heterocycles. The SMILES string of the molecule is C1=CC2=Nc3c(c4c5sc6ccc(-c7ccc8c(c7)c7ccccc7n8-c7ccccc7)cc6c5cc5c6ccccc6n3c54)NC2C=C1. The van der Waals surface area contributed by atoms with Crippen LogP contribution in [0.5, 0.6) is 0 Å². The van der Waals surface area contributed by atoms with E-state index in [9.17, 15) is 0 Å². The van der Waals surface area contributed by atoms with Crippen molar-refractivity contribution in [2.45, 2.75) is 6.04 Å². The molecule has 4 aromatic heterocycles. The predicted octanol–water partition coefficient (Wildman–Crippen LogP) is 11.8. The van der Waals surface area contributed by atoms with Gasteiger partial charge in [-0.15, -0.1) is 11.3 Å². The molecule has 0 saturated heterocycles. The van der Waals surface area contributed by atoms with Gasteiger partial charge in [-0.3, -0.25) is 4.40 Å². The number of aromatic nitrogens is 2. The Morgan fingerprint density at radius 2 is 1.35 bits per heavy atom. The molecule has 2 aliphatic rings. The van der Waals surface area contributed by atoms with E-state index >= 15 is 0 Å². The van der Waals surface area contributed by atoms with Crippen molar-refractivity contribution in [3.8, 4) is 16.8 Å². The molecule has 6 aromatic carbocycles. The number of nitrogens with one attached hydrogen (secondary N) is 1. The maximum absolute atomic E-state index is 5.27. The molecule has 10 aromatic rings. The third-order valence-corrected chi connectivity index (χ3v) is 11.8. The van der Waals surface area contributed by atoms with E-state index in [-0.39, 0.29) is 6.04 Å². The number of rotatable bonds is 2. The van der Waals surface area contributed by atoms with Crippen LogP contribution in [0.1, 0.15) is 0 Å². The fraction of sp³-hybridized carbons (Fsp3) is 0.0227. The normalized spacial score (nSPS) is 15.7. The van der Waals surface area contributed by atoms with E-state index in [1.807, 2.05) is 11.3 Å². The van der Waals surface area contributed by atoms with Crippen molar-refractivity contribution in [1.29, 1.82) is 0 Å². The van der Waals surface area contributed by atoms with Gasteiger partial charge in [-0.2, -0.15) is 0 Å². The van der Waals surface area contributed by atoms with E-state index in [1.54, 1.807) is 0 Å². The Kier molecular flexibility index (Phi) is 4.88. The summed E-state index contributed by atoms with van der Waals surface area (Å²) < 4.78 is 7.38. The van der Waals surface area contributed by atoms with E-state index in [4.69, 9.17) is 4.99 Å². The lowest BCUT2D eigenvalue weighted by molar-refractivity contribution is 1.11. The van der Waals surface area contributed by atoms with Gasteiger partial charge in [-0.1, -0.05) is 85.0 Å². The molecule has 12 rings (SSSR count). The molecular formula is C44H26N4S. The number of thiophene rings is 1. The number of anilines is 1. The van der Waals surface area contributed by atoms with Gasteiger partial charge in [-0.05, 0) is 71.8 Å². The van der Waals surface area contributed by atoms with Gasteiger partial charge in [-0.25, -0.2) is 4.99 Å². The van der Waals surface area contributed by atoms with Crippen molar-refractivity contribution in [3.63, 3.8) is 0 Å². The van der Waals surface area contributed by atoms with Crippen LogP contribution in [0.25, 0.3) is 86.0 Å². The molecular weight excluding hydrogens is 617 g/mol. The lowest BCUT2D eigenvalue weighted by Gasteiger charge is -2.23. The first-order valence-corrected chi connectivity index (χ1v) is 17.6. The summed E-state index contributed by atoms with van der Waals surface area (Å²) in [6.45, 7) is 0. The monoisotopic (exact) mass is 642 g/mol. The van der Waals surface area contributed by atoms with Crippen LogP contribution in [0.15, 0.2) is 151 Å². The molecule has 0 spiro atoms. The molecule has 1 atom stereocenters. The minimum atomic E-state index is 0.0775. The van der Waals surface area contributed by atoms with Crippen molar-refractivity contribution in [3.05, 3.63) is 146 Å². The van der Waals surface area contributed by atoms with Crippen LogP contribution in [0.4, 0.5) is 11.5 Å². The van der Waals surface area contributed by atoms with Crippen LogP contribution in [0, 0.1) is 0 Å². The van der Waals surface area contributed by atoms with Crippen LogP contribution < -0.4 is 5.32 Å². The van der Waals surface area contributed by atoms with Gasteiger partial charge in [0.2, 0.25) is 0 Å². The molecule has 1 aliphatic carbocycles. The summed E-state index contributed by atoms with van der Waals surface area (Å²) in [6, 6.07) is 44.7. The molecule has 49 heavy (non-hydrogen) atoms. The number of allylic oxidation sites excluding steroid dienone is 2. The Labute approximate surface area is 284 Å². The van der Waals surface area contributed by atoms with E-state index in [1.165, 1.54) is 86.0 Å². The second kappa shape index (κ2) is 9.25. The predicted molar refractivity (Wildman–Crippen MR) is 209 cm³/mol. The molecule has 0 saturated carbocycles. The molecule has 1 aliphatic heterocycles. The average Bonchev–Trinajstić information content (AvgIpc) is 3.89. The maximum atomic E-state index is 5.27. The molecule has 1 unspecified atom stereocenters. The second-order valence-corrected chi connectivity index (χ2v) is 14.3. The highest BCUT2D eigenvalue weighted by molar-refractivity contribution is 7.26. The summed E-state index contributed by atoms with van der Waals surface area (Å²) in [5.41, 5.74) is 10.7. The minimum absolute atomic E-state index is 0.0775. The Balaban J connectivity index is 1.12. The largest absolute Gasteiger partial charge is 0.370 e. The fourth-order valence-electron chi connectivity index (χ4n) is 8.50. The molecule has 0 amide bonds. The van der Waals surface area contributed by atoms with Gasteiger partial charge in [0.05, 0.1) is 39.5 Å². The zero-order chi connectivity index (χ0) is 31.8. The number of nitrogens with zero attached hydrogens (tertiary/aromatic N) is 3. The molecule has 228 valence electrons. The summed E-state index contributed by atoms with van der Waals surface area (Å²) in [5.74, 6) is 1.00. The number of benzene rings is 6. The van der Waals surface area contributed by atoms with Crippen LogP contribution in [-0.4, -0.2) is 20.7 Å². The molecule has 0 bridgehead atoms. The summed E-state index contributed by atoms with van der Waals surface area (Å²) in [6.07, 6.45) is 8.52. The van der Waals surface area contributed by atoms with Gasteiger partial charge in [0.15, 0.2) is 5.82 Å². The summed E-state index contributed by atoms with van der Waals surface area (Å²) in [4.78, 5) is 5.27. The summed E-state index contributed by atoms with van der Waals surface area (Å²) in [5, 5.41) is 12.9. The van der Waals surface area contributed by atoms with Crippen LogP contribution in [-0.2, 0) is 0 Å². The molecule has 4 nitrogen and oxygen atoms in total. The zero-order valence-corrected chi connectivity index (χ0v) is 27.0. The lowest BCUT2D eigenvalue weighted by Crippen LogP contribution is -2.29. The first-order valence-electron chi connectivity index (χ1n) is 16.8. The van der Waals surface area contributed by atoms with E-state index in [0.29, 0.717) is 0 Å². The van der Waals surface area contributed by atoms with Crippen LogP contribution >= 0.6 is 11.3 Å². The van der Waals surface area contributed by atoms with Crippen LogP contribution in [0.3, 0.4) is 0 Å². The Hall–Kier alpha value is -6.17. The average molecular weight is 643 g/mol. The van der Waals surface area contributed by atoms with Gasteiger partial charge in [0.1, 0.15) is 0 Å². The minimum Gasteiger partial charge on any atom is -0.370 e. The van der Waals surface area contributed by atoms with Gasteiger partial charge in [0, 0.05) is 52.8 Å². The first kappa shape index (κ1) is 25.9. The van der Waals surface area contributed by atoms with E-state index in [2.05, 4.69) is 160 Å². The highest BCUT2D eigenvalue weighted by Crippen LogP contribution is 2.52. The van der Waals surface area contributed by atoms with Crippen LogP contribution in [0.2, 0.25) is 0 Å². The number of aliphatic imine (C=N–C) groups is 1. The second-order valence-electron chi connectivity index (χ2n) is 13.2. The highest BCUT2D eigenvalue weighted by Gasteiger charge is 2.30. The zero-order valence-electron chi connectivity index (χ0n) is 26.2. The smallest absolute Gasteiger partial charge is 0.162 e. The van der Waals surface area contributed by atoms with E-state index < -0.39 is 0 Å². The summed E-state index contributed by atoms with van der Waals surface area (Å²) in [7, 11) is 0. The number of para-hydroxylation sites is 3. The van der Waals surface area contributed by atoms with Crippen molar-refractivity contribution >= 4 is 97.7 Å². The maximum Gasteiger partial charge on any atom is 0.162 e. The lowest BCUT2D eigenvalue weighted by atomic mass is 9.99. The van der Waals surface area contributed by atoms with Crippen molar-refractivity contribution < 1.29 is 0 Å². The van der Waals surface area contributed by atoms with Gasteiger partial charge in [0.25, 0.3) is 0 Å². The topological polar surface area (TPSA) is 33.7 Å². The number of hydrogen-bond donors (Lipinski definition) is 1. The summed E-state index contributed by atoms with van der Waals surface area (Å²) >= 11 is 1.89. The Morgan fingerprint density at radius 3 is 2.22 bits per heavy atom. The molecule has 1 N–H and O–H groups in total. The Morgan fingerprint density at radius 1 is 0.612 bits per heavy atom. The van der Waals surface area contributed by atoms with E-state index in [0.717, 1.165) is 17.2 Å². The standard InChI is InChI=1S/C44H26N4S/c1-2-10-27(11-3-1)47-36-16-8-4-12-28(36)30-22-25(18-20-38(30)47)26-19-21-39-31(23-26)33-24-32-29-13-5-9-17-37(29)48-42(32)40(43(33)49-39)41-44(48)46-35-15-7-6-14-34(35)45-41/h1-24,34,45H. The molecule has 0 radical (unpaired) electrons. The van der Waals surface area contributed by atoms with Gasteiger partial charge >= 0.3 is 0 Å². The van der Waals surface area contributed by atoms with Gasteiger partial charge < -0.3 is 9.88 Å². The molecule has 5 heteroatoms. The molecule has 0 fully saturated rings. The van der Waals surface area contributed by atoms with Crippen molar-refractivity contribution in [2.24, 2.45) is 4.99 Å². The number of hydrogen-bond acceptors (Lipinski definition) is 3. The quantitative estimate of drug-likeness (QED) is 0.200. The Bertz CT molecular complexity index is 3130. The highest BCUT2D eigenvalue weighted by atomic mass is 32.1. The number of fused-ring (bicyclic) bond motifs is 14. The fourth-order valence-corrected chi connectivity index (χ4v) is 9.71. The third-order valence-electron chi connectivity index (χ3n) is 10.6.